The molecule has 5 nitrogen and oxygen atoms in total. The van der Waals surface area contributed by atoms with Crippen LogP contribution < -0.4 is 4.90 Å². The molecule has 1 aliphatic rings. The molecule has 6 heteroatoms. The number of fused-ring (bicyclic) bond motifs is 3. The van der Waals surface area contributed by atoms with Gasteiger partial charge < -0.3 is 14.8 Å². The van der Waals surface area contributed by atoms with E-state index >= 15 is 0 Å². The van der Waals surface area contributed by atoms with Crippen LogP contribution in [0.3, 0.4) is 0 Å². The summed E-state index contributed by atoms with van der Waals surface area (Å²) in [6, 6.07) is 10.3. The van der Waals surface area contributed by atoms with Gasteiger partial charge in [-0.3, -0.25) is 4.98 Å². The van der Waals surface area contributed by atoms with Gasteiger partial charge in [-0.15, -0.1) is 0 Å². The summed E-state index contributed by atoms with van der Waals surface area (Å²) in [5.41, 5.74) is 5.36. The number of nitrogens with zero attached hydrogens (tertiary/aromatic N) is 4. The summed E-state index contributed by atoms with van der Waals surface area (Å²) in [6.07, 6.45) is 3.74. The van der Waals surface area contributed by atoms with Crippen LogP contribution in [-0.2, 0) is 0 Å². The molecular formula is C22H22ClN5. The highest BCUT2D eigenvalue weighted by molar-refractivity contribution is 6.32. The van der Waals surface area contributed by atoms with Crippen molar-refractivity contribution >= 4 is 39.2 Å². The van der Waals surface area contributed by atoms with Gasteiger partial charge in [0.05, 0.1) is 16.7 Å². The van der Waals surface area contributed by atoms with E-state index < -0.39 is 0 Å². The summed E-state index contributed by atoms with van der Waals surface area (Å²) in [7, 11) is 2.16. The van der Waals surface area contributed by atoms with Crippen LogP contribution in [0, 0.1) is 6.92 Å². The fourth-order valence-corrected chi connectivity index (χ4v) is 4.27. The summed E-state index contributed by atoms with van der Waals surface area (Å²) in [5, 5.41) is 3.01. The van der Waals surface area contributed by atoms with E-state index in [4.69, 9.17) is 11.6 Å². The third-order valence-corrected chi connectivity index (χ3v) is 5.89. The predicted molar refractivity (Wildman–Crippen MR) is 116 cm³/mol. The number of hydrogen-bond acceptors (Lipinski definition) is 4. The number of likely N-dealkylation sites (N-methyl/N-ethyl adjacent to an activating group) is 1. The molecule has 28 heavy (non-hydrogen) atoms. The Bertz CT molecular complexity index is 1170. The van der Waals surface area contributed by atoms with Crippen molar-refractivity contribution in [2.24, 2.45) is 0 Å². The van der Waals surface area contributed by atoms with E-state index in [1.165, 1.54) is 0 Å². The molecule has 1 N–H and O–H groups in total. The number of pyridine rings is 2. The van der Waals surface area contributed by atoms with Crippen LogP contribution in [-0.4, -0.2) is 53.1 Å². The van der Waals surface area contributed by atoms with Gasteiger partial charge in [0, 0.05) is 59.9 Å². The molecule has 0 saturated carbocycles. The van der Waals surface area contributed by atoms with Crippen LogP contribution in [0.15, 0.2) is 42.7 Å². The van der Waals surface area contributed by atoms with Gasteiger partial charge in [-0.05, 0) is 49.9 Å². The largest absolute Gasteiger partial charge is 0.354 e. The lowest BCUT2D eigenvalue weighted by Gasteiger charge is -2.33. The number of hydrogen-bond donors (Lipinski definition) is 1. The Morgan fingerprint density at radius 2 is 1.71 bits per heavy atom. The van der Waals surface area contributed by atoms with Crippen LogP contribution in [0.4, 0.5) is 5.82 Å². The lowest BCUT2D eigenvalue weighted by atomic mass is 10.0. The molecule has 0 spiro atoms. The lowest BCUT2D eigenvalue weighted by Crippen LogP contribution is -2.44. The maximum atomic E-state index is 6.51. The number of piperazine rings is 1. The van der Waals surface area contributed by atoms with Gasteiger partial charge in [0.1, 0.15) is 5.82 Å². The molecule has 3 aromatic heterocycles. The molecule has 0 unspecified atom stereocenters. The maximum Gasteiger partial charge on any atom is 0.129 e. The standard InChI is InChI=1S/C22H22ClN5/c1-14-21-17(4-6-24-14)19-13-16(23)12-18(22(19)26-21)15-3-5-25-20(11-15)28-9-7-27(2)8-10-28/h3-6,11-13,26H,7-10H2,1-2H3. The number of benzene rings is 1. The van der Waals surface area contributed by atoms with Gasteiger partial charge in [-0.2, -0.15) is 0 Å². The van der Waals surface area contributed by atoms with Crippen LogP contribution in [0.5, 0.6) is 0 Å². The molecule has 4 heterocycles. The van der Waals surface area contributed by atoms with Crippen molar-refractivity contribution in [1.82, 2.24) is 19.9 Å². The van der Waals surface area contributed by atoms with E-state index in [0.717, 1.165) is 75.6 Å². The molecule has 1 aromatic carbocycles. The SMILES string of the molecule is Cc1nccc2c1[nH]c1c(-c3ccnc(N4CCN(C)CC4)c3)cc(Cl)cc12. The number of nitrogens with one attached hydrogen (secondary N) is 1. The number of anilines is 1. The minimum Gasteiger partial charge on any atom is -0.354 e. The number of H-pyrrole nitrogens is 1. The summed E-state index contributed by atoms with van der Waals surface area (Å²) in [6.45, 7) is 6.13. The summed E-state index contributed by atoms with van der Waals surface area (Å²) < 4.78 is 0. The first-order chi connectivity index (χ1) is 13.6. The minimum absolute atomic E-state index is 0.732. The minimum atomic E-state index is 0.732. The molecule has 1 aliphatic heterocycles. The highest BCUT2D eigenvalue weighted by atomic mass is 35.5. The summed E-state index contributed by atoms with van der Waals surface area (Å²) in [5.74, 6) is 1.02. The molecular weight excluding hydrogens is 370 g/mol. The van der Waals surface area contributed by atoms with Crippen molar-refractivity contribution in [3.8, 4) is 11.1 Å². The Balaban J connectivity index is 1.66. The third kappa shape index (κ3) is 2.91. The first kappa shape index (κ1) is 17.5. The monoisotopic (exact) mass is 391 g/mol. The van der Waals surface area contributed by atoms with E-state index in [9.17, 15) is 0 Å². The average Bonchev–Trinajstić information content (AvgIpc) is 3.08. The molecule has 0 bridgehead atoms. The van der Waals surface area contributed by atoms with Crippen LogP contribution >= 0.6 is 11.6 Å². The summed E-state index contributed by atoms with van der Waals surface area (Å²) >= 11 is 6.51. The van der Waals surface area contributed by atoms with Gasteiger partial charge in [0.2, 0.25) is 0 Å². The van der Waals surface area contributed by atoms with E-state index in [0.29, 0.717) is 0 Å². The third-order valence-electron chi connectivity index (χ3n) is 5.67. The van der Waals surface area contributed by atoms with Gasteiger partial charge in [0.15, 0.2) is 0 Å². The molecule has 0 aliphatic carbocycles. The van der Waals surface area contributed by atoms with E-state index in [1.807, 2.05) is 37.5 Å². The zero-order valence-electron chi connectivity index (χ0n) is 16.0. The second kappa shape index (κ2) is 6.76. The number of halogens is 1. The fourth-order valence-electron chi connectivity index (χ4n) is 4.05. The molecule has 142 valence electrons. The van der Waals surface area contributed by atoms with Crippen molar-refractivity contribution < 1.29 is 0 Å². The molecule has 4 aromatic rings. The topological polar surface area (TPSA) is 48.1 Å². The van der Waals surface area contributed by atoms with Gasteiger partial charge in [0.25, 0.3) is 0 Å². The predicted octanol–water partition coefficient (Wildman–Crippen LogP) is 4.49. The Hall–Kier alpha value is -2.63. The first-order valence-corrected chi connectivity index (χ1v) is 9.94. The Labute approximate surface area is 169 Å². The summed E-state index contributed by atoms with van der Waals surface area (Å²) in [4.78, 5) is 17.3. The number of aromatic nitrogens is 3. The molecule has 0 atom stereocenters. The molecule has 5 rings (SSSR count). The smallest absolute Gasteiger partial charge is 0.129 e. The normalized spacial score (nSPS) is 15.6. The number of aryl methyl sites for hydroxylation is 1. The van der Waals surface area contributed by atoms with Gasteiger partial charge >= 0.3 is 0 Å². The van der Waals surface area contributed by atoms with Crippen molar-refractivity contribution in [2.75, 3.05) is 38.1 Å². The van der Waals surface area contributed by atoms with Crippen molar-refractivity contribution in [2.45, 2.75) is 6.92 Å². The zero-order chi connectivity index (χ0) is 19.3. The number of rotatable bonds is 2. The van der Waals surface area contributed by atoms with Gasteiger partial charge in [-0.25, -0.2) is 4.98 Å². The average molecular weight is 392 g/mol. The molecule has 0 amide bonds. The van der Waals surface area contributed by atoms with Crippen LogP contribution in [0.25, 0.3) is 32.9 Å². The Morgan fingerprint density at radius 3 is 2.54 bits per heavy atom. The Morgan fingerprint density at radius 1 is 0.929 bits per heavy atom. The lowest BCUT2D eigenvalue weighted by molar-refractivity contribution is 0.312. The molecule has 0 radical (unpaired) electrons. The first-order valence-electron chi connectivity index (χ1n) is 9.56. The van der Waals surface area contributed by atoms with E-state index in [2.05, 4.69) is 43.9 Å². The Kier molecular flexibility index (Phi) is 4.22. The highest BCUT2D eigenvalue weighted by Gasteiger charge is 2.17. The molecule has 1 fully saturated rings. The highest BCUT2D eigenvalue weighted by Crippen LogP contribution is 2.37. The zero-order valence-corrected chi connectivity index (χ0v) is 16.8. The molecule has 1 saturated heterocycles. The maximum absolute atomic E-state index is 6.51. The van der Waals surface area contributed by atoms with Crippen LogP contribution in [0.2, 0.25) is 5.02 Å². The van der Waals surface area contributed by atoms with Gasteiger partial charge in [-0.1, -0.05) is 11.6 Å². The van der Waals surface area contributed by atoms with Crippen molar-refractivity contribution in [1.29, 1.82) is 0 Å². The van der Waals surface area contributed by atoms with E-state index in [-0.39, 0.29) is 0 Å². The fraction of sp³-hybridized carbons (Fsp3) is 0.273. The van der Waals surface area contributed by atoms with E-state index in [1.54, 1.807) is 0 Å². The van der Waals surface area contributed by atoms with Crippen molar-refractivity contribution in [3.05, 3.63) is 53.4 Å². The van der Waals surface area contributed by atoms with Crippen LogP contribution in [0.1, 0.15) is 5.69 Å². The van der Waals surface area contributed by atoms with Crippen molar-refractivity contribution in [3.63, 3.8) is 0 Å². The quantitative estimate of drug-likeness (QED) is 0.547. The number of aromatic amines is 1. The second-order valence-electron chi connectivity index (χ2n) is 7.51. The second-order valence-corrected chi connectivity index (χ2v) is 7.95.